The average Bonchev–Trinajstić information content (AvgIpc) is 2.63. The van der Waals surface area contributed by atoms with Gasteiger partial charge in [-0.25, -0.2) is 0 Å². The Hall–Kier alpha value is -0.720. The molecule has 0 aliphatic heterocycles. The van der Waals surface area contributed by atoms with Crippen LogP contribution < -0.4 is 11.1 Å². The smallest absolute Gasteiger partial charge is 0.226 e. The van der Waals surface area contributed by atoms with Gasteiger partial charge in [-0.05, 0) is 13.3 Å². The number of anilines is 1. The summed E-state index contributed by atoms with van der Waals surface area (Å²) in [5, 5.41) is 12.1. The molecule has 1 aromatic rings. The number of nitrogens with one attached hydrogen (secondary N) is 1. The zero-order chi connectivity index (χ0) is 12.1. The van der Waals surface area contributed by atoms with E-state index in [1.165, 1.54) is 11.3 Å². The molecular weight excluding hydrogens is 260 g/mol. The van der Waals surface area contributed by atoms with Crippen molar-refractivity contribution in [2.45, 2.75) is 45.6 Å². The van der Waals surface area contributed by atoms with Crippen molar-refractivity contribution in [2.24, 2.45) is 5.73 Å². The molecule has 0 saturated heterocycles. The highest BCUT2D eigenvalue weighted by molar-refractivity contribution is 7.15. The molecule has 0 radical (unpaired) electrons. The molecule has 98 valence electrons. The number of hydrogen-bond acceptors (Lipinski definition) is 5. The van der Waals surface area contributed by atoms with Crippen molar-refractivity contribution in [3.8, 4) is 0 Å². The van der Waals surface area contributed by atoms with Crippen molar-refractivity contribution in [3.05, 3.63) is 5.01 Å². The van der Waals surface area contributed by atoms with Crippen LogP contribution in [0, 0.1) is 0 Å². The van der Waals surface area contributed by atoms with E-state index >= 15 is 0 Å². The number of amides is 1. The number of hydrogen-bond donors (Lipinski definition) is 2. The van der Waals surface area contributed by atoms with Crippen LogP contribution in [0.1, 0.15) is 44.5 Å². The molecule has 0 saturated carbocycles. The predicted octanol–water partition coefficient (Wildman–Crippen LogP) is 2.15. The predicted molar refractivity (Wildman–Crippen MR) is 72.8 cm³/mol. The van der Waals surface area contributed by atoms with Crippen LogP contribution in [-0.2, 0) is 4.79 Å². The fourth-order valence-electron chi connectivity index (χ4n) is 1.06. The number of halogens is 1. The summed E-state index contributed by atoms with van der Waals surface area (Å²) >= 11 is 1.42. The minimum atomic E-state index is -0.0521. The summed E-state index contributed by atoms with van der Waals surface area (Å²) in [6.07, 6.45) is 1.11. The summed E-state index contributed by atoms with van der Waals surface area (Å²) in [7, 11) is 0. The van der Waals surface area contributed by atoms with E-state index in [9.17, 15) is 4.79 Å². The lowest BCUT2D eigenvalue weighted by Crippen LogP contribution is -2.19. The zero-order valence-corrected chi connectivity index (χ0v) is 11.9. The molecule has 3 N–H and O–H groups in total. The normalized spacial score (nSPS) is 12.1. The van der Waals surface area contributed by atoms with Crippen molar-refractivity contribution in [2.75, 3.05) is 5.32 Å². The van der Waals surface area contributed by atoms with Gasteiger partial charge in [0.1, 0.15) is 5.01 Å². The fraction of sp³-hybridized carbons (Fsp3) is 0.700. The Labute approximate surface area is 112 Å². The fourth-order valence-corrected chi connectivity index (χ4v) is 1.82. The van der Waals surface area contributed by atoms with E-state index in [1.807, 2.05) is 20.8 Å². The highest BCUT2D eigenvalue weighted by Crippen LogP contribution is 2.22. The van der Waals surface area contributed by atoms with E-state index in [1.54, 1.807) is 0 Å². The van der Waals surface area contributed by atoms with Crippen LogP contribution in [0.2, 0.25) is 0 Å². The second-order valence-corrected chi connectivity index (χ2v) is 5.17. The number of nitrogens with zero attached hydrogens (tertiary/aromatic N) is 2. The van der Waals surface area contributed by atoms with Gasteiger partial charge in [0.15, 0.2) is 0 Å². The zero-order valence-electron chi connectivity index (χ0n) is 10.3. The molecule has 0 spiro atoms. The maximum Gasteiger partial charge on any atom is 0.226 e. The summed E-state index contributed by atoms with van der Waals surface area (Å²) in [5.41, 5.74) is 5.57. The molecule has 1 amide bonds. The average molecular weight is 279 g/mol. The first-order chi connectivity index (χ1) is 7.49. The van der Waals surface area contributed by atoms with Crippen LogP contribution in [0.25, 0.3) is 0 Å². The third-order valence-electron chi connectivity index (χ3n) is 2.01. The van der Waals surface area contributed by atoms with Crippen LogP contribution in [0.15, 0.2) is 0 Å². The lowest BCUT2D eigenvalue weighted by atomic mass is 10.2. The van der Waals surface area contributed by atoms with Crippen LogP contribution in [0.5, 0.6) is 0 Å². The first-order valence-electron chi connectivity index (χ1n) is 5.38. The van der Waals surface area contributed by atoms with E-state index in [0.717, 1.165) is 5.01 Å². The molecule has 7 heteroatoms. The molecule has 1 aromatic heterocycles. The minimum Gasteiger partial charge on any atom is -0.328 e. The number of carbonyl (C=O) groups is 1. The second-order valence-electron chi connectivity index (χ2n) is 4.16. The minimum absolute atomic E-state index is 0. The van der Waals surface area contributed by atoms with Crippen molar-refractivity contribution < 1.29 is 4.79 Å². The van der Waals surface area contributed by atoms with Crippen LogP contribution in [0.3, 0.4) is 0 Å². The van der Waals surface area contributed by atoms with Crippen molar-refractivity contribution >= 4 is 34.8 Å². The Kier molecular flexibility index (Phi) is 7.26. The van der Waals surface area contributed by atoms with Crippen LogP contribution >= 0.6 is 23.7 Å². The van der Waals surface area contributed by atoms with E-state index < -0.39 is 0 Å². The van der Waals surface area contributed by atoms with Crippen molar-refractivity contribution in [1.29, 1.82) is 0 Å². The maximum atomic E-state index is 11.5. The molecule has 0 fully saturated rings. The molecule has 0 bridgehead atoms. The molecule has 0 aliphatic carbocycles. The Morgan fingerprint density at radius 2 is 2.06 bits per heavy atom. The summed E-state index contributed by atoms with van der Waals surface area (Å²) in [6.45, 7) is 5.97. The van der Waals surface area contributed by atoms with Gasteiger partial charge in [-0.1, -0.05) is 25.2 Å². The van der Waals surface area contributed by atoms with Crippen molar-refractivity contribution in [3.63, 3.8) is 0 Å². The quantitative estimate of drug-likeness (QED) is 0.865. The summed E-state index contributed by atoms with van der Waals surface area (Å²) in [5.74, 6) is 0.288. The molecule has 5 nitrogen and oxygen atoms in total. The van der Waals surface area contributed by atoms with Gasteiger partial charge in [0, 0.05) is 18.4 Å². The Bertz CT molecular complexity index is 354. The highest BCUT2D eigenvalue weighted by atomic mass is 35.5. The Morgan fingerprint density at radius 3 is 2.53 bits per heavy atom. The van der Waals surface area contributed by atoms with Gasteiger partial charge in [0.2, 0.25) is 11.0 Å². The number of carbonyl (C=O) groups excluding carboxylic acids is 1. The van der Waals surface area contributed by atoms with Gasteiger partial charge in [0.05, 0.1) is 0 Å². The number of rotatable bonds is 5. The van der Waals surface area contributed by atoms with Gasteiger partial charge >= 0.3 is 0 Å². The summed E-state index contributed by atoms with van der Waals surface area (Å²) < 4.78 is 0. The van der Waals surface area contributed by atoms with Gasteiger partial charge in [-0.3, -0.25) is 4.79 Å². The van der Waals surface area contributed by atoms with E-state index in [0.29, 0.717) is 23.9 Å². The van der Waals surface area contributed by atoms with Crippen LogP contribution in [-0.4, -0.2) is 22.1 Å². The molecular formula is C10H19ClN4OS. The molecule has 1 unspecified atom stereocenters. The monoisotopic (exact) mass is 278 g/mol. The number of aromatic nitrogens is 2. The highest BCUT2D eigenvalue weighted by Gasteiger charge is 2.10. The van der Waals surface area contributed by atoms with Gasteiger partial charge in [-0.2, -0.15) is 0 Å². The molecule has 0 aliphatic rings. The Morgan fingerprint density at radius 1 is 1.41 bits per heavy atom. The summed E-state index contributed by atoms with van der Waals surface area (Å²) in [6, 6.07) is 0.0476. The standard InChI is InChI=1S/C10H18N4OS.ClH/c1-6(2)9-13-14-10(16-9)12-8(15)5-4-7(3)11;/h6-7H,4-5,11H2,1-3H3,(H,12,14,15);1H. The first-order valence-corrected chi connectivity index (χ1v) is 6.19. The topological polar surface area (TPSA) is 80.9 Å². The van der Waals surface area contributed by atoms with Gasteiger partial charge in [-0.15, -0.1) is 22.6 Å². The van der Waals surface area contributed by atoms with E-state index in [4.69, 9.17) is 5.73 Å². The van der Waals surface area contributed by atoms with Gasteiger partial charge in [0.25, 0.3) is 0 Å². The first kappa shape index (κ1) is 16.3. The third-order valence-corrected chi connectivity index (χ3v) is 3.15. The van der Waals surface area contributed by atoms with Gasteiger partial charge < -0.3 is 11.1 Å². The molecule has 1 atom stereocenters. The number of nitrogens with two attached hydrogens (primary N) is 1. The third kappa shape index (κ3) is 5.95. The summed E-state index contributed by atoms with van der Waals surface area (Å²) in [4.78, 5) is 11.5. The molecule has 17 heavy (non-hydrogen) atoms. The van der Waals surface area contributed by atoms with Crippen molar-refractivity contribution in [1.82, 2.24) is 10.2 Å². The largest absolute Gasteiger partial charge is 0.328 e. The maximum absolute atomic E-state index is 11.5. The molecule has 0 aromatic carbocycles. The SMILES string of the molecule is CC(N)CCC(=O)Nc1nnc(C(C)C)s1.Cl. The van der Waals surface area contributed by atoms with E-state index in [2.05, 4.69) is 15.5 Å². The molecule has 1 heterocycles. The molecule has 1 rings (SSSR count). The van der Waals surface area contributed by atoms with E-state index in [-0.39, 0.29) is 24.4 Å². The lowest BCUT2D eigenvalue weighted by molar-refractivity contribution is -0.116. The lowest BCUT2D eigenvalue weighted by Gasteiger charge is -2.03. The Balaban J connectivity index is 0.00000256. The second kappa shape index (κ2) is 7.58. The van der Waals surface area contributed by atoms with Crippen LogP contribution in [0.4, 0.5) is 5.13 Å².